The van der Waals surface area contributed by atoms with Gasteiger partial charge >= 0.3 is 0 Å². The van der Waals surface area contributed by atoms with Crippen LogP contribution in [0.15, 0.2) is 63.7 Å². The fourth-order valence-electron chi connectivity index (χ4n) is 3.34. The highest BCUT2D eigenvalue weighted by molar-refractivity contribution is 9.10. The largest absolute Gasteiger partial charge is 0.494 e. The topological polar surface area (TPSA) is 108 Å². The number of furan rings is 1. The standard InChI is InChI=1S/C22H20BrFN4O5S/c1-31-17-5-3-6-18(32-2)20(17)28-21(19-7-4-11-33-19)25-26-22(28)27-34(29,30)12-10-14-8-9-15(24)13-16(14)23/h3-9,11,13H,10,12H2,1-2H3,(H,26,27). The molecule has 0 unspecified atom stereocenters. The Morgan fingerprint density at radius 3 is 2.44 bits per heavy atom. The number of hydrogen-bond donors (Lipinski definition) is 1. The van der Waals surface area contributed by atoms with Crippen molar-refractivity contribution >= 4 is 31.9 Å². The second kappa shape index (κ2) is 9.85. The maximum atomic E-state index is 13.4. The molecule has 0 spiro atoms. The van der Waals surface area contributed by atoms with Crippen LogP contribution in [0, 0.1) is 5.82 Å². The van der Waals surface area contributed by atoms with E-state index in [1.54, 1.807) is 30.3 Å². The van der Waals surface area contributed by atoms with Crippen molar-refractivity contribution in [2.24, 2.45) is 0 Å². The normalized spacial score (nSPS) is 11.4. The summed E-state index contributed by atoms with van der Waals surface area (Å²) in [5, 5.41) is 8.21. The number of ether oxygens (including phenoxy) is 2. The number of halogens is 2. The number of sulfonamides is 1. The van der Waals surface area contributed by atoms with Crippen molar-refractivity contribution in [1.82, 2.24) is 14.8 Å². The quantitative estimate of drug-likeness (QED) is 0.328. The molecule has 4 rings (SSSR count). The number of anilines is 1. The molecule has 0 fully saturated rings. The zero-order chi connectivity index (χ0) is 24.3. The lowest BCUT2D eigenvalue weighted by molar-refractivity contribution is 0.391. The second-order valence-corrected chi connectivity index (χ2v) is 9.77. The lowest BCUT2D eigenvalue weighted by Crippen LogP contribution is -2.21. The van der Waals surface area contributed by atoms with E-state index < -0.39 is 15.8 Å². The second-order valence-electron chi connectivity index (χ2n) is 7.08. The molecule has 0 radical (unpaired) electrons. The number of benzene rings is 2. The highest BCUT2D eigenvalue weighted by Gasteiger charge is 2.26. The van der Waals surface area contributed by atoms with Gasteiger partial charge in [0.15, 0.2) is 5.76 Å². The first-order valence-electron chi connectivity index (χ1n) is 9.98. The molecule has 0 amide bonds. The molecule has 2 aromatic heterocycles. The van der Waals surface area contributed by atoms with Gasteiger partial charge in [0.2, 0.25) is 21.8 Å². The summed E-state index contributed by atoms with van der Waals surface area (Å²) in [4.78, 5) is 0. The van der Waals surface area contributed by atoms with Crippen molar-refractivity contribution in [3.63, 3.8) is 0 Å². The summed E-state index contributed by atoms with van der Waals surface area (Å²) in [7, 11) is -0.914. The highest BCUT2D eigenvalue weighted by atomic mass is 79.9. The van der Waals surface area contributed by atoms with Crippen LogP contribution >= 0.6 is 15.9 Å². The molecule has 0 atom stereocenters. The average Bonchev–Trinajstić information content (AvgIpc) is 3.47. The van der Waals surface area contributed by atoms with Crippen molar-refractivity contribution in [2.45, 2.75) is 6.42 Å². The van der Waals surface area contributed by atoms with Crippen LogP contribution in [0.25, 0.3) is 17.3 Å². The Morgan fingerprint density at radius 2 is 1.82 bits per heavy atom. The molecule has 1 N–H and O–H groups in total. The minimum Gasteiger partial charge on any atom is -0.494 e. The molecular weight excluding hydrogens is 531 g/mol. The third-order valence-electron chi connectivity index (χ3n) is 4.93. The zero-order valence-corrected chi connectivity index (χ0v) is 20.6. The molecule has 0 aliphatic rings. The van der Waals surface area contributed by atoms with Crippen LogP contribution in [0.5, 0.6) is 11.5 Å². The molecule has 0 aliphatic carbocycles. The van der Waals surface area contributed by atoms with E-state index in [-0.39, 0.29) is 23.9 Å². The number of para-hydroxylation sites is 1. The molecule has 0 aliphatic heterocycles. The first-order valence-corrected chi connectivity index (χ1v) is 12.4. The fraction of sp³-hybridized carbons (Fsp3) is 0.182. The van der Waals surface area contributed by atoms with E-state index in [0.717, 1.165) is 0 Å². The van der Waals surface area contributed by atoms with Crippen LogP contribution in [-0.4, -0.2) is 43.2 Å². The monoisotopic (exact) mass is 550 g/mol. The van der Waals surface area contributed by atoms with Crippen molar-refractivity contribution in [1.29, 1.82) is 0 Å². The lowest BCUT2D eigenvalue weighted by atomic mass is 10.2. The van der Waals surface area contributed by atoms with E-state index in [2.05, 4.69) is 30.8 Å². The van der Waals surface area contributed by atoms with E-state index in [9.17, 15) is 12.8 Å². The Labute approximate surface area is 203 Å². The van der Waals surface area contributed by atoms with Crippen LogP contribution in [0.3, 0.4) is 0 Å². The Kier molecular flexibility index (Phi) is 6.89. The molecule has 4 aromatic rings. The first-order chi connectivity index (χ1) is 16.3. The summed E-state index contributed by atoms with van der Waals surface area (Å²) in [6.45, 7) is 0. The summed E-state index contributed by atoms with van der Waals surface area (Å²) in [5.74, 6) is 0.648. The minimum atomic E-state index is -3.88. The number of aromatic nitrogens is 3. The summed E-state index contributed by atoms with van der Waals surface area (Å²) >= 11 is 3.26. The number of rotatable bonds is 9. The molecule has 0 saturated carbocycles. The van der Waals surface area contributed by atoms with Crippen LogP contribution in [0.4, 0.5) is 10.3 Å². The number of hydrogen-bond acceptors (Lipinski definition) is 7. The van der Waals surface area contributed by atoms with Gasteiger partial charge in [0.1, 0.15) is 23.0 Å². The van der Waals surface area contributed by atoms with E-state index in [1.165, 1.54) is 43.2 Å². The molecular formula is C22H20BrFN4O5S. The van der Waals surface area contributed by atoms with Gasteiger partial charge in [0.05, 0.1) is 26.2 Å². The van der Waals surface area contributed by atoms with E-state index in [4.69, 9.17) is 13.9 Å². The van der Waals surface area contributed by atoms with Gasteiger partial charge in [-0.3, -0.25) is 9.29 Å². The molecule has 0 saturated heterocycles. The lowest BCUT2D eigenvalue weighted by Gasteiger charge is -2.17. The van der Waals surface area contributed by atoms with Crippen molar-refractivity contribution in [3.8, 4) is 28.8 Å². The van der Waals surface area contributed by atoms with Crippen molar-refractivity contribution in [2.75, 3.05) is 24.7 Å². The van der Waals surface area contributed by atoms with Gasteiger partial charge in [-0.25, -0.2) is 12.8 Å². The number of nitrogens with zero attached hydrogens (tertiary/aromatic N) is 3. The van der Waals surface area contributed by atoms with Crippen molar-refractivity contribution in [3.05, 3.63) is 70.6 Å². The molecule has 2 heterocycles. The third kappa shape index (κ3) is 4.92. The maximum Gasteiger partial charge on any atom is 0.243 e. The molecule has 2 aromatic carbocycles. The van der Waals surface area contributed by atoms with Gasteiger partial charge in [0.25, 0.3) is 0 Å². The summed E-state index contributed by atoms with van der Waals surface area (Å²) < 4.78 is 60.2. The molecule has 34 heavy (non-hydrogen) atoms. The number of aryl methyl sites for hydroxylation is 1. The van der Waals surface area contributed by atoms with E-state index in [1.807, 2.05) is 0 Å². The van der Waals surface area contributed by atoms with Gasteiger partial charge < -0.3 is 13.9 Å². The van der Waals surface area contributed by atoms with Gasteiger partial charge in [-0.05, 0) is 48.4 Å². The first kappa shape index (κ1) is 23.8. The highest BCUT2D eigenvalue weighted by Crippen LogP contribution is 2.37. The number of methoxy groups -OCH3 is 2. The molecule has 9 nitrogen and oxygen atoms in total. The van der Waals surface area contributed by atoms with Crippen LogP contribution in [-0.2, 0) is 16.4 Å². The molecule has 12 heteroatoms. The third-order valence-corrected chi connectivity index (χ3v) is 6.91. The summed E-state index contributed by atoms with van der Waals surface area (Å²) in [6.07, 6.45) is 1.62. The Morgan fingerprint density at radius 1 is 1.09 bits per heavy atom. The Hall–Kier alpha value is -3.38. The van der Waals surface area contributed by atoms with Gasteiger partial charge in [-0.2, -0.15) is 0 Å². The van der Waals surface area contributed by atoms with Crippen LogP contribution in [0.2, 0.25) is 0 Å². The van der Waals surface area contributed by atoms with Crippen LogP contribution < -0.4 is 14.2 Å². The molecule has 0 bridgehead atoms. The minimum absolute atomic E-state index is 0.0765. The SMILES string of the molecule is COc1cccc(OC)c1-n1c(NS(=O)(=O)CCc2ccc(F)cc2Br)nnc1-c1ccco1. The summed E-state index contributed by atoms with van der Waals surface area (Å²) in [6, 6.07) is 12.6. The summed E-state index contributed by atoms with van der Waals surface area (Å²) in [5.41, 5.74) is 1.04. The van der Waals surface area contributed by atoms with Crippen LogP contribution in [0.1, 0.15) is 5.56 Å². The Balaban J connectivity index is 1.73. The van der Waals surface area contributed by atoms with E-state index >= 15 is 0 Å². The zero-order valence-electron chi connectivity index (χ0n) is 18.2. The van der Waals surface area contributed by atoms with Gasteiger partial charge in [-0.15, -0.1) is 10.2 Å². The van der Waals surface area contributed by atoms with Gasteiger partial charge in [-0.1, -0.05) is 28.1 Å². The predicted molar refractivity (Wildman–Crippen MR) is 127 cm³/mol. The maximum absolute atomic E-state index is 13.4. The number of nitrogens with one attached hydrogen (secondary N) is 1. The predicted octanol–water partition coefficient (Wildman–Crippen LogP) is 4.43. The smallest absolute Gasteiger partial charge is 0.243 e. The Bertz CT molecular complexity index is 1380. The van der Waals surface area contributed by atoms with Crippen molar-refractivity contribution < 1.29 is 26.7 Å². The van der Waals surface area contributed by atoms with E-state index in [0.29, 0.717) is 33.0 Å². The fourth-order valence-corrected chi connectivity index (χ4v) is 4.89. The molecule has 178 valence electrons. The van der Waals surface area contributed by atoms with Gasteiger partial charge in [0, 0.05) is 4.47 Å². The average molecular weight is 551 g/mol.